The highest BCUT2D eigenvalue weighted by Gasteiger charge is 2.17. The monoisotopic (exact) mass is 359 g/mol. The van der Waals surface area contributed by atoms with Gasteiger partial charge in [-0.2, -0.15) is 5.10 Å². The molecule has 0 unspecified atom stereocenters. The van der Waals surface area contributed by atoms with Crippen LogP contribution in [0.5, 0.6) is 0 Å². The van der Waals surface area contributed by atoms with Crippen LogP contribution in [0.2, 0.25) is 0 Å². The van der Waals surface area contributed by atoms with Crippen molar-refractivity contribution in [3.05, 3.63) is 76.1 Å². The lowest BCUT2D eigenvalue weighted by molar-refractivity contribution is 0.103. The molecule has 1 heterocycles. The molecule has 0 aliphatic rings. The zero-order valence-electron chi connectivity index (χ0n) is 11.3. The van der Waals surface area contributed by atoms with Gasteiger partial charge in [-0.05, 0) is 48.5 Å². The number of anilines is 1. The maximum atomic E-state index is 12.9. The zero-order chi connectivity index (χ0) is 15.7. The van der Waals surface area contributed by atoms with Crippen molar-refractivity contribution < 1.29 is 9.18 Å². The van der Waals surface area contributed by atoms with Gasteiger partial charge in [-0.1, -0.05) is 15.9 Å². The summed E-state index contributed by atoms with van der Waals surface area (Å²) < 4.78 is 15.4. The summed E-state index contributed by atoms with van der Waals surface area (Å²) in [5, 5.41) is 4.16. The molecular formula is C16H11BrFN3O. The van der Waals surface area contributed by atoms with Gasteiger partial charge in [-0.3, -0.25) is 4.79 Å². The molecule has 3 rings (SSSR count). The van der Waals surface area contributed by atoms with Gasteiger partial charge in [0.25, 0.3) is 0 Å². The number of rotatable bonds is 3. The second-order valence-corrected chi connectivity index (χ2v) is 5.58. The molecule has 0 fully saturated rings. The first-order valence-electron chi connectivity index (χ1n) is 6.46. The molecule has 6 heteroatoms. The topological polar surface area (TPSA) is 60.9 Å². The molecule has 4 nitrogen and oxygen atoms in total. The van der Waals surface area contributed by atoms with Crippen LogP contribution in [-0.2, 0) is 0 Å². The van der Waals surface area contributed by atoms with Gasteiger partial charge in [0, 0.05) is 10.0 Å². The molecule has 0 aliphatic heterocycles. The van der Waals surface area contributed by atoms with Crippen LogP contribution >= 0.6 is 15.9 Å². The first-order chi connectivity index (χ1) is 10.6. The smallest absolute Gasteiger partial charge is 0.198 e. The summed E-state index contributed by atoms with van der Waals surface area (Å²) >= 11 is 3.36. The van der Waals surface area contributed by atoms with Crippen molar-refractivity contribution in [2.75, 3.05) is 5.73 Å². The number of hydrogen-bond acceptors (Lipinski definition) is 3. The Kier molecular flexibility index (Phi) is 3.77. The van der Waals surface area contributed by atoms with E-state index in [9.17, 15) is 9.18 Å². The fourth-order valence-corrected chi connectivity index (χ4v) is 2.34. The molecule has 0 radical (unpaired) electrons. The van der Waals surface area contributed by atoms with Gasteiger partial charge in [0.05, 0.1) is 17.4 Å². The van der Waals surface area contributed by atoms with E-state index in [4.69, 9.17) is 5.73 Å². The van der Waals surface area contributed by atoms with Gasteiger partial charge >= 0.3 is 0 Å². The number of benzene rings is 2. The van der Waals surface area contributed by atoms with Gasteiger partial charge in [0.2, 0.25) is 0 Å². The number of nitrogens with zero attached hydrogens (tertiary/aromatic N) is 2. The molecule has 3 aromatic rings. The summed E-state index contributed by atoms with van der Waals surface area (Å²) in [5.41, 5.74) is 7.44. The Hall–Kier alpha value is -2.47. The van der Waals surface area contributed by atoms with Crippen molar-refractivity contribution in [1.29, 1.82) is 0 Å². The van der Waals surface area contributed by atoms with Crippen molar-refractivity contribution in [1.82, 2.24) is 9.78 Å². The Balaban J connectivity index is 1.98. The first kappa shape index (κ1) is 14.5. The Labute approximate surface area is 134 Å². The van der Waals surface area contributed by atoms with E-state index in [1.165, 1.54) is 35.1 Å². The molecule has 1 aromatic heterocycles. The molecular weight excluding hydrogens is 349 g/mol. The molecule has 0 atom stereocenters. The highest BCUT2D eigenvalue weighted by atomic mass is 79.9. The van der Waals surface area contributed by atoms with Crippen LogP contribution < -0.4 is 5.73 Å². The lowest BCUT2D eigenvalue weighted by Crippen LogP contribution is -2.07. The average molecular weight is 360 g/mol. The molecule has 0 saturated heterocycles. The fraction of sp³-hybridized carbons (Fsp3) is 0. The van der Waals surface area contributed by atoms with Crippen LogP contribution in [0.3, 0.4) is 0 Å². The maximum Gasteiger partial charge on any atom is 0.198 e. The summed E-state index contributed by atoms with van der Waals surface area (Å²) in [6, 6.07) is 12.7. The van der Waals surface area contributed by atoms with Crippen molar-refractivity contribution >= 4 is 27.5 Å². The SMILES string of the molecule is Nc1c(C(=O)c2ccc(F)cc2)cnn1-c1ccc(Br)cc1. The van der Waals surface area contributed by atoms with Crippen LogP contribution in [0.15, 0.2) is 59.2 Å². The predicted octanol–water partition coefficient (Wildman–Crippen LogP) is 3.59. The zero-order valence-corrected chi connectivity index (χ0v) is 12.9. The average Bonchev–Trinajstić information content (AvgIpc) is 2.90. The Morgan fingerprint density at radius 3 is 2.36 bits per heavy atom. The molecule has 2 N–H and O–H groups in total. The van der Waals surface area contributed by atoms with E-state index < -0.39 is 5.82 Å². The van der Waals surface area contributed by atoms with Gasteiger partial charge < -0.3 is 5.73 Å². The molecule has 2 aromatic carbocycles. The van der Waals surface area contributed by atoms with Crippen LogP contribution in [0, 0.1) is 5.82 Å². The summed E-state index contributed by atoms with van der Waals surface area (Å²) in [6.45, 7) is 0. The third kappa shape index (κ3) is 2.65. The predicted molar refractivity (Wildman–Crippen MR) is 85.5 cm³/mol. The van der Waals surface area contributed by atoms with E-state index in [-0.39, 0.29) is 17.2 Å². The van der Waals surface area contributed by atoms with E-state index in [2.05, 4.69) is 21.0 Å². The minimum Gasteiger partial charge on any atom is -0.383 e. The highest BCUT2D eigenvalue weighted by Crippen LogP contribution is 2.21. The van der Waals surface area contributed by atoms with Gasteiger partial charge in [0.15, 0.2) is 5.78 Å². The van der Waals surface area contributed by atoms with E-state index in [0.717, 1.165) is 10.2 Å². The van der Waals surface area contributed by atoms with E-state index in [1.54, 1.807) is 0 Å². The lowest BCUT2D eigenvalue weighted by atomic mass is 10.1. The number of carbonyl (C=O) groups excluding carboxylic acids is 1. The summed E-state index contributed by atoms with van der Waals surface area (Å²) in [4.78, 5) is 12.4. The third-order valence-corrected chi connectivity index (χ3v) is 3.76. The molecule has 0 saturated carbocycles. The highest BCUT2D eigenvalue weighted by molar-refractivity contribution is 9.10. The van der Waals surface area contributed by atoms with Gasteiger partial charge in [-0.25, -0.2) is 9.07 Å². The number of ketones is 1. The molecule has 0 spiro atoms. The Bertz CT molecular complexity index is 826. The largest absolute Gasteiger partial charge is 0.383 e. The molecule has 22 heavy (non-hydrogen) atoms. The Morgan fingerprint density at radius 2 is 1.73 bits per heavy atom. The second-order valence-electron chi connectivity index (χ2n) is 4.67. The van der Waals surface area contributed by atoms with Crippen LogP contribution in [-0.4, -0.2) is 15.6 Å². The quantitative estimate of drug-likeness (QED) is 0.727. The summed E-state index contributed by atoms with van der Waals surface area (Å²) in [5.74, 6) is -0.437. The van der Waals surface area contributed by atoms with E-state index >= 15 is 0 Å². The lowest BCUT2D eigenvalue weighted by Gasteiger charge is -2.05. The number of nitrogens with two attached hydrogens (primary N) is 1. The molecule has 0 aliphatic carbocycles. The van der Waals surface area contributed by atoms with E-state index in [1.807, 2.05) is 24.3 Å². The number of halogens is 2. The standard InChI is InChI=1S/C16H11BrFN3O/c17-11-3-7-13(8-4-11)21-16(19)14(9-20-21)15(22)10-1-5-12(18)6-2-10/h1-9H,19H2. The van der Waals surface area contributed by atoms with Crippen molar-refractivity contribution in [2.45, 2.75) is 0 Å². The Morgan fingerprint density at radius 1 is 1.09 bits per heavy atom. The number of carbonyl (C=O) groups is 1. The molecule has 0 bridgehead atoms. The summed E-state index contributed by atoms with van der Waals surface area (Å²) in [7, 11) is 0. The second kappa shape index (κ2) is 5.73. The minimum atomic E-state index is -0.393. The van der Waals surface area contributed by atoms with Crippen LogP contribution in [0.1, 0.15) is 15.9 Å². The van der Waals surface area contributed by atoms with Gasteiger partial charge in [-0.15, -0.1) is 0 Å². The van der Waals surface area contributed by atoms with Crippen LogP contribution in [0.4, 0.5) is 10.2 Å². The van der Waals surface area contributed by atoms with Crippen molar-refractivity contribution in [3.8, 4) is 5.69 Å². The normalized spacial score (nSPS) is 10.6. The first-order valence-corrected chi connectivity index (χ1v) is 7.25. The van der Waals surface area contributed by atoms with Gasteiger partial charge in [0.1, 0.15) is 11.6 Å². The number of hydrogen-bond donors (Lipinski definition) is 1. The third-order valence-electron chi connectivity index (χ3n) is 3.23. The molecule has 0 amide bonds. The number of nitrogen functional groups attached to an aromatic ring is 1. The van der Waals surface area contributed by atoms with E-state index in [0.29, 0.717) is 5.56 Å². The number of aromatic nitrogens is 2. The van der Waals surface area contributed by atoms with Crippen molar-refractivity contribution in [2.24, 2.45) is 0 Å². The molecule has 110 valence electrons. The van der Waals surface area contributed by atoms with Crippen molar-refractivity contribution in [3.63, 3.8) is 0 Å². The maximum absolute atomic E-state index is 12.9. The van der Waals surface area contributed by atoms with Crippen LogP contribution in [0.25, 0.3) is 5.69 Å². The fourth-order valence-electron chi connectivity index (χ4n) is 2.08. The minimum absolute atomic E-state index is 0.247. The summed E-state index contributed by atoms with van der Waals surface area (Å²) in [6.07, 6.45) is 1.42.